The van der Waals surface area contributed by atoms with E-state index in [2.05, 4.69) is 16.3 Å². The van der Waals surface area contributed by atoms with Crippen LogP contribution < -0.4 is 0 Å². The first-order valence-electron chi connectivity index (χ1n) is 5.72. The first-order chi connectivity index (χ1) is 9.20. The Balaban J connectivity index is 2.11. The minimum absolute atomic E-state index is 0.128. The average Bonchev–Trinajstić information content (AvgIpc) is 2.47. The summed E-state index contributed by atoms with van der Waals surface area (Å²) in [5.74, 6) is -0.128. The molecule has 2 aromatic rings. The van der Waals surface area contributed by atoms with Gasteiger partial charge in [0.1, 0.15) is 0 Å². The van der Waals surface area contributed by atoms with Crippen molar-refractivity contribution in [3.8, 4) is 6.07 Å². The predicted molar refractivity (Wildman–Crippen MR) is 69.0 cm³/mol. The Morgan fingerprint density at radius 2 is 2.21 bits per heavy atom. The van der Waals surface area contributed by atoms with Crippen molar-refractivity contribution in [2.24, 2.45) is 0 Å². The number of amides is 1. The van der Waals surface area contributed by atoms with Crippen LogP contribution in [0.25, 0.3) is 0 Å². The zero-order valence-electron chi connectivity index (χ0n) is 10.4. The third kappa shape index (κ3) is 3.13. The lowest BCUT2D eigenvalue weighted by Gasteiger charge is -2.17. The molecule has 0 spiro atoms. The number of nitriles is 1. The largest absolute Gasteiger partial charge is 0.337 e. The van der Waals surface area contributed by atoms with Crippen molar-refractivity contribution in [3.63, 3.8) is 0 Å². The van der Waals surface area contributed by atoms with Crippen LogP contribution in [0.3, 0.4) is 0 Å². The molecule has 5 heteroatoms. The molecule has 0 atom stereocenters. The van der Waals surface area contributed by atoms with Gasteiger partial charge in [-0.05, 0) is 23.8 Å². The molecule has 0 aliphatic heterocycles. The molecule has 1 aromatic carbocycles. The summed E-state index contributed by atoms with van der Waals surface area (Å²) < 4.78 is 0. The lowest BCUT2D eigenvalue weighted by atomic mass is 10.1. The molecule has 0 aliphatic rings. The van der Waals surface area contributed by atoms with Crippen molar-refractivity contribution in [2.45, 2.75) is 6.54 Å². The molecule has 0 N–H and O–H groups in total. The normalized spacial score (nSPS) is 9.68. The molecule has 0 saturated heterocycles. The molecule has 0 radical (unpaired) electrons. The number of nitrogens with zero attached hydrogens (tertiary/aromatic N) is 4. The van der Waals surface area contributed by atoms with Gasteiger partial charge < -0.3 is 4.90 Å². The van der Waals surface area contributed by atoms with Gasteiger partial charge in [-0.15, -0.1) is 0 Å². The molecule has 94 valence electrons. The second kappa shape index (κ2) is 5.74. The number of benzene rings is 1. The maximum absolute atomic E-state index is 12.1. The first-order valence-corrected chi connectivity index (χ1v) is 5.72. The minimum Gasteiger partial charge on any atom is -0.337 e. The van der Waals surface area contributed by atoms with Crippen molar-refractivity contribution in [1.29, 1.82) is 5.26 Å². The van der Waals surface area contributed by atoms with Gasteiger partial charge in [0.15, 0.2) is 0 Å². The minimum atomic E-state index is -0.128. The fourth-order valence-electron chi connectivity index (χ4n) is 1.72. The van der Waals surface area contributed by atoms with Crippen molar-refractivity contribution in [2.75, 3.05) is 7.05 Å². The van der Waals surface area contributed by atoms with E-state index in [1.54, 1.807) is 36.2 Å². The van der Waals surface area contributed by atoms with E-state index in [9.17, 15) is 4.79 Å². The van der Waals surface area contributed by atoms with Gasteiger partial charge in [-0.3, -0.25) is 4.79 Å². The molecular formula is C14H12N4O. The Morgan fingerprint density at radius 1 is 1.37 bits per heavy atom. The van der Waals surface area contributed by atoms with E-state index >= 15 is 0 Å². The van der Waals surface area contributed by atoms with Crippen molar-refractivity contribution < 1.29 is 4.79 Å². The van der Waals surface area contributed by atoms with E-state index in [0.29, 0.717) is 17.7 Å². The topological polar surface area (TPSA) is 69.9 Å². The molecule has 0 unspecified atom stereocenters. The highest BCUT2D eigenvalue weighted by molar-refractivity contribution is 5.93. The van der Waals surface area contributed by atoms with E-state index in [-0.39, 0.29) is 5.91 Å². The van der Waals surface area contributed by atoms with Gasteiger partial charge >= 0.3 is 0 Å². The Labute approximate surface area is 111 Å². The van der Waals surface area contributed by atoms with Crippen LogP contribution in [0.4, 0.5) is 0 Å². The van der Waals surface area contributed by atoms with Gasteiger partial charge in [0.05, 0.1) is 29.6 Å². The van der Waals surface area contributed by atoms with Gasteiger partial charge in [-0.1, -0.05) is 12.1 Å². The molecule has 1 heterocycles. The Kier molecular flexibility index (Phi) is 3.84. The van der Waals surface area contributed by atoms with Gasteiger partial charge in [0, 0.05) is 13.6 Å². The summed E-state index contributed by atoms with van der Waals surface area (Å²) in [6.07, 6.45) is 2.92. The molecule has 2 rings (SSSR count). The van der Waals surface area contributed by atoms with Crippen molar-refractivity contribution in [3.05, 3.63) is 59.4 Å². The standard InChI is InChI=1S/C14H12N4O/c1-18(14(19)13-5-6-16-17-9-13)10-12-4-2-3-11(7-12)8-15/h2-7,9H,10H2,1H3. The van der Waals surface area contributed by atoms with Crippen molar-refractivity contribution >= 4 is 5.91 Å². The smallest absolute Gasteiger partial charge is 0.255 e. The van der Waals surface area contributed by atoms with Gasteiger partial charge in [0.2, 0.25) is 0 Å². The van der Waals surface area contributed by atoms with Crippen LogP contribution in [-0.2, 0) is 6.54 Å². The number of carbonyl (C=O) groups excluding carboxylic acids is 1. The maximum atomic E-state index is 12.1. The van der Waals surface area contributed by atoms with Crippen LogP contribution >= 0.6 is 0 Å². The molecule has 19 heavy (non-hydrogen) atoms. The predicted octanol–water partition coefficient (Wildman–Crippen LogP) is 1.62. The zero-order valence-corrected chi connectivity index (χ0v) is 10.4. The molecule has 0 bridgehead atoms. The molecular weight excluding hydrogens is 240 g/mol. The monoisotopic (exact) mass is 252 g/mol. The Morgan fingerprint density at radius 3 is 2.89 bits per heavy atom. The van der Waals surface area contributed by atoms with Crippen LogP contribution in [0.2, 0.25) is 0 Å². The highest BCUT2D eigenvalue weighted by Gasteiger charge is 2.12. The maximum Gasteiger partial charge on any atom is 0.255 e. The van der Waals surface area contributed by atoms with Crippen molar-refractivity contribution in [1.82, 2.24) is 15.1 Å². The summed E-state index contributed by atoms with van der Waals surface area (Å²) in [4.78, 5) is 13.7. The van der Waals surface area contributed by atoms with Gasteiger partial charge in [-0.2, -0.15) is 15.5 Å². The number of aromatic nitrogens is 2. The lowest BCUT2D eigenvalue weighted by molar-refractivity contribution is 0.0784. The zero-order chi connectivity index (χ0) is 13.7. The highest BCUT2D eigenvalue weighted by Crippen LogP contribution is 2.09. The second-order valence-electron chi connectivity index (χ2n) is 4.10. The molecule has 1 aromatic heterocycles. The lowest BCUT2D eigenvalue weighted by Crippen LogP contribution is -2.26. The SMILES string of the molecule is CN(Cc1cccc(C#N)c1)C(=O)c1ccnnc1. The van der Waals surface area contributed by atoms with Gasteiger partial charge in [0.25, 0.3) is 5.91 Å². The van der Waals surface area contributed by atoms with E-state index in [1.807, 2.05) is 6.07 Å². The number of hydrogen-bond acceptors (Lipinski definition) is 4. The number of rotatable bonds is 3. The van der Waals surface area contributed by atoms with E-state index in [4.69, 9.17) is 5.26 Å². The molecule has 1 amide bonds. The quantitative estimate of drug-likeness (QED) is 0.832. The fraction of sp³-hybridized carbons (Fsp3) is 0.143. The average molecular weight is 252 g/mol. The van der Waals surface area contributed by atoms with E-state index in [1.165, 1.54) is 12.4 Å². The van der Waals surface area contributed by atoms with Crippen LogP contribution in [0.1, 0.15) is 21.5 Å². The summed E-state index contributed by atoms with van der Waals surface area (Å²) in [5, 5.41) is 16.2. The third-order valence-corrected chi connectivity index (χ3v) is 2.65. The molecule has 0 fully saturated rings. The molecule has 0 aliphatic carbocycles. The van der Waals surface area contributed by atoms with Crippen LogP contribution in [0.15, 0.2) is 42.7 Å². The Bertz CT molecular complexity index is 619. The number of hydrogen-bond donors (Lipinski definition) is 0. The number of carbonyl (C=O) groups is 1. The molecule has 5 nitrogen and oxygen atoms in total. The Hall–Kier alpha value is -2.74. The second-order valence-corrected chi connectivity index (χ2v) is 4.10. The molecule has 0 saturated carbocycles. The van der Waals surface area contributed by atoms with Crippen LogP contribution in [0.5, 0.6) is 0 Å². The summed E-state index contributed by atoms with van der Waals surface area (Å²) in [5.41, 5.74) is 2.00. The van der Waals surface area contributed by atoms with Crippen LogP contribution in [0, 0.1) is 11.3 Å². The summed E-state index contributed by atoms with van der Waals surface area (Å²) >= 11 is 0. The highest BCUT2D eigenvalue weighted by atomic mass is 16.2. The summed E-state index contributed by atoms with van der Waals surface area (Å²) in [6, 6.07) is 10.9. The van der Waals surface area contributed by atoms with E-state index in [0.717, 1.165) is 5.56 Å². The fourth-order valence-corrected chi connectivity index (χ4v) is 1.72. The van der Waals surface area contributed by atoms with Crippen LogP contribution in [-0.4, -0.2) is 28.1 Å². The summed E-state index contributed by atoms with van der Waals surface area (Å²) in [6.45, 7) is 0.441. The first kappa shape index (κ1) is 12.7. The van der Waals surface area contributed by atoms with Gasteiger partial charge in [-0.25, -0.2) is 0 Å². The third-order valence-electron chi connectivity index (χ3n) is 2.65. The summed E-state index contributed by atoms with van der Waals surface area (Å²) in [7, 11) is 1.71. The van der Waals surface area contributed by atoms with E-state index < -0.39 is 0 Å².